The Hall–Kier alpha value is -4.45. The Morgan fingerprint density at radius 1 is 0.263 bits per heavy atom. The number of hydrogen-bond acceptors (Lipinski definition) is 6. The average Bonchev–Trinajstić information content (AvgIpc) is 3.46. The maximum atomic E-state index is 12.9. The molecule has 0 aliphatic heterocycles. The van der Waals surface area contributed by atoms with Gasteiger partial charge in [-0.25, -0.2) is 0 Å². The van der Waals surface area contributed by atoms with Crippen molar-refractivity contribution in [2.24, 2.45) is 0 Å². The molecule has 0 aromatic carbocycles. The molecule has 0 amide bonds. The zero-order valence-corrected chi connectivity index (χ0v) is 52.0. The van der Waals surface area contributed by atoms with Gasteiger partial charge in [-0.2, -0.15) is 0 Å². The molecule has 0 aliphatic rings. The molecule has 0 saturated carbocycles. The van der Waals surface area contributed by atoms with Crippen molar-refractivity contribution >= 4 is 17.9 Å². The van der Waals surface area contributed by atoms with E-state index in [1.54, 1.807) is 0 Å². The lowest BCUT2D eigenvalue weighted by molar-refractivity contribution is -0.167. The van der Waals surface area contributed by atoms with Crippen LogP contribution in [-0.4, -0.2) is 37.2 Å². The summed E-state index contributed by atoms with van der Waals surface area (Å²) in [5.74, 6) is -0.897. The third-order valence-electron chi connectivity index (χ3n) is 13.9. The fourth-order valence-electron chi connectivity index (χ4n) is 9.00. The highest BCUT2D eigenvalue weighted by Gasteiger charge is 2.19. The maximum Gasteiger partial charge on any atom is 0.306 e. The smallest absolute Gasteiger partial charge is 0.306 e. The van der Waals surface area contributed by atoms with Crippen LogP contribution in [0.1, 0.15) is 297 Å². The van der Waals surface area contributed by atoms with Gasteiger partial charge in [0.05, 0.1) is 0 Å². The summed E-state index contributed by atoms with van der Waals surface area (Å²) in [5, 5.41) is 0. The van der Waals surface area contributed by atoms with Crippen molar-refractivity contribution in [3.8, 4) is 0 Å². The SMILES string of the molecule is CC/C=C\C/C=C\C/C=C\C/C=C\C/C=C\C/C=C\C/C=C\CCCCCCCCCC(=O)OCC(COC(=O)CCCCCCCCCC)OC(=O)CCCCCCCCCCCCCC/C=C\C/C=C\C/C=C\C/C=C\CC. The van der Waals surface area contributed by atoms with Crippen LogP contribution in [0.4, 0.5) is 0 Å². The molecule has 0 N–H and O–H groups in total. The molecule has 0 rings (SSSR count). The van der Waals surface area contributed by atoms with E-state index < -0.39 is 6.10 Å². The van der Waals surface area contributed by atoms with Gasteiger partial charge in [-0.15, -0.1) is 0 Å². The summed E-state index contributed by atoms with van der Waals surface area (Å²) in [7, 11) is 0. The average molecular weight is 1110 g/mol. The first-order valence-electron chi connectivity index (χ1n) is 33.2. The number of unbranched alkanes of at least 4 members (excludes halogenated alkanes) is 26. The minimum Gasteiger partial charge on any atom is -0.462 e. The third-order valence-corrected chi connectivity index (χ3v) is 13.9. The second-order valence-electron chi connectivity index (χ2n) is 21.6. The molecule has 80 heavy (non-hydrogen) atoms. The van der Waals surface area contributed by atoms with Crippen molar-refractivity contribution in [3.05, 3.63) is 134 Å². The van der Waals surface area contributed by atoms with Crippen LogP contribution in [0.2, 0.25) is 0 Å². The van der Waals surface area contributed by atoms with Crippen molar-refractivity contribution in [1.82, 2.24) is 0 Å². The minimum absolute atomic E-state index is 0.0832. The van der Waals surface area contributed by atoms with E-state index in [0.29, 0.717) is 19.3 Å². The molecule has 0 heterocycles. The molecule has 0 spiro atoms. The van der Waals surface area contributed by atoms with Gasteiger partial charge in [-0.1, -0.05) is 296 Å². The van der Waals surface area contributed by atoms with E-state index in [4.69, 9.17) is 14.2 Å². The van der Waals surface area contributed by atoms with Crippen LogP contribution < -0.4 is 0 Å². The fraction of sp³-hybridized carbons (Fsp3) is 0.662. The normalized spacial score (nSPS) is 13.0. The van der Waals surface area contributed by atoms with Crippen LogP contribution in [0, 0.1) is 0 Å². The Morgan fingerprint density at radius 3 is 0.762 bits per heavy atom. The lowest BCUT2D eigenvalue weighted by Crippen LogP contribution is -2.30. The number of carbonyl (C=O) groups excluding carboxylic acids is 3. The largest absolute Gasteiger partial charge is 0.462 e. The highest BCUT2D eigenvalue weighted by atomic mass is 16.6. The van der Waals surface area contributed by atoms with E-state index >= 15 is 0 Å². The lowest BCUT2D eigenvalue weighted by Gasteiger charge is -2.18. The van der Waals surface area contributed by atoms with Crippen LogP contribution in [-0.2, 0) is 28.6 Å². The molecule has 6 nitrogen and oxygen atoms in total. The van der Waals surface area contributed by atoms with Crippen LogP contribution in [0.25, 0.3) is 0 Å². The minimum atomic E-state index is -0.786. The molecular formula is C74H122O6. The summed E-state index contributed by atoms with van der Waals surface area (Å²) >= 11 is 0. The first kappa shape index (κ1) is 75.5. The van der Waals surface area contributed by atoms with Gasteiger partial charge in [0.2, 0.25) is 0 Å². The number of ether oxygens (including phenoxy) is 3. The van der Waals surface area contributed by atoms with Gasteiger partial charge in [-0.3, -0.25) is 14.4 Å². The van der Waals surface area contributed by atoms with Crippen molar-refractivity contribution in [1.29, 1.82) is 0 Å². The Labute approximate surface area is 494 Å². The van der Waals surface area contributed by atoms with Crippen molar-refractivity contribution in [2.75, 3.05) is 13.2 Å². The second-order valence-corrected chi connectivity index (χ2v) is 21.6. The Balaban J connectivity index is 4.21. The topological polar surface area (TPSA) is 78.9 Å². The zero-order chi connectivity index (χ0) is 57.8. The number of esters is 3. The van der Waals surface area contributed by atoms with Crippen LogP contribution in [0.5, 0.6) is 0 Å². The van der Waals surface area contributed by atoms with Gasteiger partial charge in [0.25, 0.3) is 0 Å². The van der Waals surface area contributed by atoms with E-state index in [-0.39, 0.29) is 31.1 Å². The molecule has 454 valence electrons. The van der Waals surface area contributed by atoms with Crippen LogP contribution in [0.3, 0.4) is 0 Å². The monoisotopic (exact) mass is 1110 g/mol. The van der Waals surface area contributed by atoms with Crippen LogP contribution in [0.15, 0.2) is 134 Å². The Kier molecular flexibility index (Phi) is 63.3. The van der Waals surface area contributed by atoms with Gasteiger partial charge in [0.1, 0.15) is 13.2 Å². The molecule has 0 aromatic rings. The highest BCUT2D eigenvalue weighted by molar-refractivity contribution is 5.71. The number of carbonyl (C=O) groups is 3. The van der Waals surface area contributed by atoms with Crippen molar-refractivity contribution in [3.63, 3.8) is 0 Å². The molecule has 6 heteroatoms. The van der Waals surface area contributed by atoms with E-state index in [1.165, 1.54) is 122 Å². The summed E-state index contributed by atoms with van der Waals surface area (Å²) in [6.07, 6.45) is 94.8. The quantitative estimate of drug-likeness (QED) is 0.0261. The summed E-state index contributed by atoms with van der Waals surface area (Å²) in [6, 6.07) is 0. The predicted octanol–water partition coefficient (Wildman–Crippen LogP) is 22.9. The lowest BCUT2D eigenvalue weighted by atomic mass is 10.0. The molecular weight excluding hydrogens is 985 g/mol. The standard InChI is InChI=1S/C74H122O6/c1-4-7-10-13-16-19-21-23-25-27-29-31-33-35-36-37-38-40-41-43-45-47-49-51-53-55-58-61-64-67-73(76)79-70-71(69-78-72(75)66-63-60-57-18-15-12-9-6-3)80-74(77)68-65-62-59-56-54-52-50-48-46-44-42-39-34-32-30-28-26-24-22-20-17-14-11-8-5-2/h7-8,10-11,16-17,19-20,23-26,29-32,35-36,38,40,43,45,71H,4-6,9,12-15,18,21-22,27-28,33-34,37,39,41-42,44,46-70H2,1-3H3/b10-7-,11-8-,19-16-,20-17-,25-23-,26-24-,31-29-,32-30-,36-35-,40-38-,45-43-. The zero-order valence-electron chi connectivity index (χ0n) is 52.0. The summed E-state index contributed by atoms with van der Waals surface area (Å²) in [6.45, 7) is 6.39. The van der Waals surface area contributed by atoms with Gasteiger partial charge < -0.3 is 14.2 Å². The number of rotatable bonds is 59. The molecule has 0 aliphatic carbocycles. The third kappa shape index (κ3) is 64.4. The fourth-order valence-corrected chi connectivity index (χ4v) is 9.00. The molecule has 0 saturated heterocycles. The predicted molar refractivity (Wildman–Crippen MR) is 348 cm³/mol. The van der Waals surface area contributed by atoms with E-state index in [0.717, 1.165) is 135 Å². The van der Waals surface area contributed by atoms with Crippen molar-refractivity contribution < 1.29 is 28.6 Å². The number of hydrogen-bond donors (Lipinski definition) is 0. The molecule has 0 aromatic heterocycles. The van der Waals surface area contributed by atoms with E-state index in [1.807, 2.05) is 0 Å². The highest BCUT2D eigenvalue weighted by Crippen LogP contribution is 2.16. The van der Waals surface area contributed by atoms with Crippen molar-refractivity contribution in [2.45, 2.75) is 303 Å². The molecule has 0 radical (unpaired) electrons. The van der Waals surface area contributed by atoms with E-state index in [9.17, 15) is 14.4 Å². The van der Waals surface area contributed by atoms with Gasteiger partial charge >= 0.3 is 17.9 Å². The van der Waals surface area contributed by atoms with E-state index in [2.05, 4.69) is 154 Å². The Bertz CT molecular complexity index is 1700. The van der Waals surface area contributed by atoms with Gasteiger partial charge in [0.15, 0.2) is 6.10 Å². The maximum absolute atomic E-state index is 12.9. The number of allylic oxidation sites excluding steroid dienone is 22. The second kappa shape index (κ2) is 67.1. The molecule has 0 fully saturated rings. The first-order chi connectivity index (χ1) is 39.5. The summed E-state index contributed by atoms with van der Waals surface area (Å²) in [4.78, 5) is 38.2. The Morgan fingerprint density at radius 2 is 0.487 bits per heavy atom. The molecule has 1 atom stereocenters. The van der Waals surface area contributed by atoms with Gasteiger partial charge in [0, 0.05) is 19.3 Å². The molecule has 1 unspecified atom stereocenters. The summed E-state index contributed by atoms with van der Waals surface area (Å²) < 4.78 is 16.9. The first-order valence-corrected chi connectivity index (χ1v) is 33.2. The summed E-state index contributed by atoms with van der Waals surface area (Å²) in [5.41, 5.74) is 0. The van der Waals surface area contributed by atoms with Gasteiger partial charge in [-0.05, 0) is 116 Å². The van der Waals surface area contributed by atoms with Crippen LogP contribution >= 0.6 is 0 Å². The molecule has 0 bridgehead atoms.